The molecule has 1 saturated carbocycles. The molecule has 0 radical (unpaired) electrons. The maximum atomic E-state index is 11.2. The van der Waals surface area contributed by atoms with E-state index in [9.17, 15) is 9.90 Å². The van der Waals surface area contributed by atoms with Crippen molar-refractivity contribution in [2.45, 2.75) is 25.7 Å². The number of aliphatic carboxylic acids is 1. The van der Waals surface area contributed by atoms with E-state index in [-0.39, 0.29) is 0 Å². The predicted octanol–water partition coefficient (Wildman–Crippen LogP) is 2.72. The Morgan fingerprint density at radius 1 is 1.28 bits per heavy atom. The average Bonchev–Trinajstić information content (AvgIpc) is 2.33. The molecule has 1 N–H and O–H groups in total. The number of benzene rings is 1. The summed E-state index contributed by atoms with van der Waals surface area (Å²) in [6.45, 7) is 0.443. The highest BCUT2D eigenvalue weighted by Gasteiger charge is 2.43. The van der Waals surface area contributed by atoms with Gasteiger partial charge in [0.25, 0.3) is 0 Å². The van der Waals surface area contributed by atoms with Crippen LogP contribution in [-0.4, -0.2) is 24.8 Å². The van der Waals surface area contributed by atoms with Crippen molar-refractivity contribution in [3.8, 4) is 11.5 Å². The number of methoxy groups -OCH3 is 1. The minimum Gasteiger partial charge on any atom is -0.497 e. The molecule has 98 valence electrons. The van der Waals surface area contributed by atoms with Gasteiger partial charge in [0.2, 0.25) is 0 Å². The number of rotatable bonds is 6. The van der Waals surface area contributed by atoms with Gasteiger partial charge >= 0.3 is 5.97 Å². The van der Waals surface area contributed by atoms with Crippen LogP contribution in [0.3, 0.4) is 0 Å². The van der Waals surface area contributed by atoms with Gasteiger partial charge in [0, 0.05) is 0 Å². The minimum absolute atomic E-state index is 0.443. The molecule has 0 saturated heterocycles. The van der Waals surface area contributed by atoms with Gasteiger partial charge in [0.1, 0.15) is 11.5 Å². The first-order chi connectivity index (χ1) is 8.66. The van der Waals surface area contributed by atoms with Crippen LogP contribution in [0.25, 0.3) is 0 Å². The summed E-state index contributed by atoms with van der Waals surface area (Å²) in [6, 6.07) is 7.30. The van der Waals surface area contributed by atoms with Crippen molar-refractivity contribution in [1.29, 1.82) is 0 Å². The Kier molecular flexibility index (Phi) is 3.75. The maximum absolute atomic E-state index is 11.2. The Bertz CT molecular complexity index is 406. The first-order valence-corrected chi connectivity index (χ1v) is 6.16. The number of ether oxygens (including phenoxy) is 2. The molecule has 1 aromatic carbocycles. The molecule has 1 aliphatic rings. The molecule has 2 rings (SSSR count). The van der Waals surface area contributed by atoms with Gasteiger partial charge in [-0.1, -0.05) is 6.42 Å². The van der Waals surface area contributed by atoms with Crippen LogP contribution in [0.5, 0.6) is 11.5 Å². The summed E-state index contributed by atoms with van der Waals surface area (Å²) in [6.07, 6.45) is 3.13. The fourth-order valence-electron chi connectivity index (χ4n) is 2.21. The van der Waals surface area contributed by atoms with E-state index in [1.807, 2.05) is 24.3 Å². The van der Waals surface area contributed by atoms with Crippen molar-refractivity contribution >= 4 is 5.97 Å². The number of carboxylic acids is 1. The third-order valence-electron chi connectivity index (χ3n) is 3.67. The molecule has 4 heteroatoms. The molecule has 0 bridgehead atoms. The zero-order chi connectivity index (χ0) is 13.0. The van der Waals surface area contributed by atoms with Crippen LogP contribution in [0.4, 0.5) is 0 Å². The second-order valence-corrected chi connectivity index (χ2v) is 4.71. The summed E-state index contributed by atoms with van der Waals surface area (Å²) in [5.41, 5.74) is -0.535. The highest BCUT2D eigenvalue weighted by atomic mass is 16.5. The van der Waals surface area contributed by atoms with Crippen LogP contribution in [0.2, 0.25) is 0 Å². The van der Waals surface area contributed by atoms with E-state index in [1.54, 1.807) is 7.11 Å². The molecule has 1 aromatic rings. The van der Waals surface area contributed by atoms with Crippen molar-refractivity contribution in [2.24, 2.45) is 5.41 Å². The second-order valence-electron chi connectivity index (χ2n) is 4.71. The third kappa shape index (κ3) is 2.58. The molecule has 0 atom stereocenters. The minimum atomic E-state index is -0.688. The standard InChI is InChI=1S/C14H18O4/c1-17-11-3-5-12(6-4-11)18-10-9-14(13(15)16)7-2-8-14/h3-6H,2,7-10H2,1H3,(H,15,16). The van der Waals surface area contributed by atoms with Crippen LogP contribution in [0, 0.1) is 5.41 Å². The lowest BCUT2D eigenvalue weighted by Crippen LogP contribution is -2.39. The van der Waals surface area contributed by atoms with Gasteiger partial charge in [0.15, 0.2) is 0 Å². The number of carboxylic acid groups (broad SMARTS) is 1. The van der Waals surface area contributed by atoms with E-state index in [1.165, 1.54) is 0 Å². The summed E-state index contributed by atoms with van der Waals surface area (Å²) in [7, 11) is 1.61. The highest BCUT2D eigenvalue weighted by molar-refractivity contribution is 5.75. The lowest BCUT2D eigenvalue weighted by atomic mass is 9.67. The van der Waals surface area contributed by atoms with Crippen molar-refractivity contribution in [1.82, 2.24) is 0 Å². The summed E-state index contributed by atoms with van der Waals surface area (Å²) < 4.78 is 10.6. The quantitative estimate of drug-likeness (QED) is 0.843. The summed E-state index contributed by atoms with van der Waals surface area (Å²) in [5, 5.41) is 9.18. The van der Waals surface area contributed by atoms with Gasteiger partial charge in [-0.3, -0.25) is 4.79 Å². The van der Waals surface area contributed by atoms with E-state index >= 15 is 0 Å². The van der Waals surface area contributed by atoms with Gasteiger partial charge in [-0.2, -0.15) is 0 Å². The third-order valence-corrected chi connectivity index (χ3v) is 3.67. The van der Waals surface area contributed by atoms with E-state index in [0.29, 0.717) is 13.0 Å². The first-order valence-electron chi connectivity index (χ1n) is 6.16. The zero-order valence-corrected chi connectivity index (χ0v) is 10.5. The van der Waals surface area contributed by atoms with Crippen molar-refractivity contribution in [3.63, 3.8) is 0 Å². The first kappa shape index (κ1) is 12.7. The number of hydrogen-bond acceptors (Lipinski definition) is 3. The molecule has 0 unspecified atom stereocenters. The lowest BCUT2D eigenvalue weighted by Gasteiger charge is -2.37. The average molecular weight is 250 g/mol. The SMILES string of the molecule is COc1ccc(OCCC2(C(=O)O)CCC2)cc1. The fourth-order valence-corrected chi connectivity index (χ4v) is 2.21. The van der Waals surface area contributed by atoms with Gasteiger partial charge in [0.05, 0.1) is 19.1 Å². The van der Waals surface area contributed by atoms with Crippen molar-refractivity contribution in [3.05, 3.63) is 24.3 Å². The van der Waals surface area contributed by atoms with E-state index in [2.05, 4.69) is 0 Å². The summed E-state index contributed by atoms with van der Waals surface area (Å²) in [4.78, 5) is 11.2. The molecule has 0 heterocycles. The molecular weight excluding hydrogens is 232 g/mol. The van der Waals surface area contributed by atoms with Gasteiger partial charge < -0.3 is 14.6 Å². The molecule has 0 aromatic heterocycles. The molecule has 0 aliphatic heterocycles. The Labute approximate surface area is 107 Å². The summed E-state index contributed by atoms with van der Waals surface area (Å²) >= 11 is 0. The van der Waals surface area contributed by atoms with E-state index < -0.39 is 11.4 Å². The Balaban J connectivity index is 1.82. The number of carbonyl (C=O) groups is 1. The lowest BCUT2D eigenvalue weighted by molar-refractivity contribution is -0.155. The molecule has 1 fully saturated rings. The Morgan fingerprint density at radius 2 is 1.89 bits per heavy atom. The normalized spacial score (nSPS) is 16.7. The number of hydrogen-bond donors (Lipinski definition) is 1. The largest absolute Gasteiger partial charge is 0.497 e. The fraction of sp³-hybridized carbons (Fsp3) is 0.500. The van der Waals surface area contributed by atoms with Crippen molar-refractivity contribution < 1.29 is 19.4 Å². The van der Waals surface area contributed by atoms with Gasteiger partial charge in [-0.25, -0.2) is 0 Å². The van der Waals surface area contributed by atoms with E-state index in [4.69, 9.17) is 9.47 Å². The molecule has 0 spiro atoms. The van der Waals surface area contributed by atoms with Crippen LogP contribution in [-0.2, 0) is 4.79 Å². The molecule has 0 amide bonds. The van der Waals surface area contributed by atoms with Crippen LogP contribution in [0.1, 0.15) is 25.7 Å². The molecule has 1 aliphatic carbocycles. The monoisotopic (exact) mass is 250 g/mol. The van der Waals surface area contributed by atoms with E-state index in [0.717, 1.165) is 30.8 Å². The van der Waals surface area contributed by atoms with Crippen LogP contribution >= 0.6 is 0 Å². The zero-order valence-electron chi connectivity index (χ0n) is 10.5. The highest BCUT2D eigenvalue weighted by Crippen LogP contribution is 2.44. The van der Waals surface area contributed by atoms with Crippen LogP contribution < -0.4 is 9.47 Å². The smallest absolute Gasteiger partial charge is 0.309 e. The van der Waals surface area contributed by atoms with Crippen molar-refractivity contribution in [2.75, 3.05) is 13.7 Å². The Morgan fingerprint density at radius 3 is 2.33 bits per heavy atom. The maximum Gasteiger partial charge on any atom is 0.309 e. The summed E-state index contributed by atoms with van der Waals surface area (Å²) in [5.74, 6) is 0.839. The van der Waals surface area contributed by atoms with Crippen LogP contribution in [0.15, 0.2) is 24.3 Å². The molecule has 18 heavy (non-hydrogen) atoms. The predicted molar refractivity (Wildman–Crippen MR) is 67.0 cm³/mol. The van der Waals surface area contributed by atoms with Gasteiger partial charge in [-0.05, 0) is 43.5 Å². The van der Waals surface area contributed by atoms with Gasteiger partial charge in [-0.15, -0.1) is 0 Å². The molecule has 4 nitrogen and oxygen atoms in total. The second kappa shape index (κ2) is 5.29. The topological polar surface area (TPSA) is 55.8 Å². The Hall–Kier alpha value is -1.71. The molecular formula is C14H18O4.